The zero-order valence-corrected chi connectivity index (χ0v) is 12.5. The van der Waals surface area contributed by atoms with E-state index in [1.165, 1.54) is 35.0 Å². The molecule has 1 aliphatic rings. The monoisotopic (exact) mass is 296 g/mol. The molecule has 2 nitrogen and oxygen atoms in total. The second-order valence-corrected chi connectivity index (χ2v) is 6.05. The van der Waals surface area contributed by atoms with E-state index in [2.05, 4.69) is 52.8 Å². The van der Waals surface area contributed by atoms with Gasteiger partial charge < -0.3 is 10.3 Å². The molecule has 21 heavy (non-hydrogen) atoms. The minimum Gasteiger partial charge on any atom is -0.357 e. The first-order chi connectivity index (χ1) is 10.3. The lowest BCUT2D eigenvalue weighted by atomic mass is 9.98. The van der Waals surface area contributed by atoms with Gasteiger partial charge in [-0.3, -0.25) is 0 Å². The fourth-order valence-electron chi connectivity index (χ4n) is 3.29. The van der Waals surface area contributed by atoms with Crippen molar-refractivity contribution < 1.29 is 0 Å². The van der Waals surface area contributed by atoms with Crippen LogP contribution < -0.4 is 5.32 Å². The number of benzene rings is 2. The highest BCUT2D eigenvalue weighted by atomic mass is 35.5. The van der Waals surface area contributed by atoms with E-state index in [-0.39, 0.29) is 0 Å². The Morgan fingerprint density at radius 1 is 1.05 bits per heavy atom. The summed E-state index contributed by atoms with van der Waals surface area (Å²) in [5.41, 5.74) is 4.97. The van der Waals surface area contributed by atoms with Gasteiger partial charge in [-0.15, -0.1) is 0 Å². The Hall–Kier alpha value is -1.77. The van der Waals surface area contributed by atoms with Gasteiger partial charge in [0.15, 0.2) is 0 Å². The summed E-state index contributed by atoms with van der Waals surface area (Å²) in [6.07, 6.45) is 2.41. The minimum atomic E-state index is 0.409. The van der Waals surface area contributed by atoms with E-state index in [9.17, 15) is 0 Å². The van der Waals surface area contributed by atoms with E-state index in [0.29, 0.717) is 6.04 Å². The quantitative estimate of drug-likeness (QED) is 0.691. The lowest BCUT2D eigenvalue weighted by Crippen LogP contribution is -2.13. The molecule has 4 rings (SSSR count). The van der Waals surface area contributed by atoms with Gasteiger partial charge in [-0.05, 0) is 43.1 Å². The van der Waals surface area contributed by atoms with Crippen molar-refractivity contribution in [3.63, 3.8) is 0 Å². The summed E-state index contributed by atoms with van der Waals surface area (Å²) < 4.78 is 0. The van der Waals surface area contributed by atoms with Crippen molar-refractivity contribution in [3.05, 3.63) is 59.2 Å². The highest BCUT2D eigenvalue weighted by molar-refractivity contribution is 6.31. The predicted octanol–water partition coefficient (Wildman–Crippen LogP) is 4.91. The first-order valence-corrected chi connectivity index (χ1v) is 7.80. The van der Waals surface area contributed by atoms with Crippen molar-refractivity contribution in [2.75, 3.05) is 6.54 Å². The zero-order valence-electron chi connectivity index (χ0n) is 11.7. The maximum absolute atomic E-state index is 6.22. The van der Waals surface area contributed by atoms with Crippen LogP contribution in [0.3, 0.4) is 0 Å². The standard InChI is InChI=1S/C18H17ClN2/c19-13-8-9-15-14(11-13)17(12-5-2-1-3-6-12)18(21-15)16-7-4-10-20-16/h1-3,5-6,8-9,11,16,20-21H,4,7,10H2. The van der Waals surface area contributed by atoms with Gasteiger partial charge in [0, 0.05) is 33.2 Å². The number of hydrogen-bond acceptors (Lipinski definition) is 1. The molecule has 1 atom stereocenters. The van der Waals surface area contributed by atoms with Gasteiger partial charge in [0.2, 0.25) is 0 Å². The third kappa shape index (κ3) is 2.25. The predicted molar refractivity (Wildman–Crippen MR) is 88.7 cm³/mol. The third-order valence-corrected chi connectivity index (χ3v) is 4.50. The zero-order chi connectivity index (χ0) is 14.2. The summed E-state index contributed by atoms with van der Waals surface area (Å²) in [6.45, 7) is 1.09. The van der Waals surface area contributed by atoms with Crippen molar-refractivity contribution in [1.82, 2.24) is 10.3 Å². The van der Waals surface area contributed by atoms with Crippen molar-refractivity contribution in [1.29, 1.82) is 0 Å². The lowest BCUT2D eigenvalue weighted by molar-refractivity contribution is 0.634. The van der Waals surface area contributed by atoms with Crippen LogP contribution in [0, 0.1) is 0 Å². The summed E-state index contributed by atoms with van der Waals surface area (Å²) in [7, 11) is 0. The first kappa shape index (κ1) is 12.9. The molecule has 1 aromatic heterocycles. The van der Waals surface area contributed by atoms with Gasteiger partial charge in [-0.1, -0.05) is 41.9 Å². The number of hydrogen-bond donors (Lipinski definition) is 2. The molecule has 2 N–H and O–H groups in total. The second kappa shape index (κ2) is 5.21. The topological polar surface area (TPSA) is 27.8 Å². The maximum atomic E-state index is 6.22. The number of halogens is 1. The Balaban J connectivity index is 1.99. The van der Waals surface area contributed by atoms with Crippen LogP contribution in [-0.2, 0) is 0 Å². The van der Waals surface area contributed by atoms with Gasteiger partial charge in [-0.25, -0.2) is 0 Å². The van der Waals surface area contributed by atoms with Crippen molar-refractivity contribution >= 4 is 22.5 Å². The maximum Gasteiger partial charge on any atom is 0.0480 e. The van der Waals surface area contributed by atoms with Gasteiger partial charge in [0.1, 0.15) is 0 Å². The lowest BCUT2D eigenvalue weighted by Gasteiger charge is -2.12. The minimum absolute atomic E-state index is 0.409. The van der Waals surface area contributed by atoms with Gasteiger partial charge in [-0.2, -0.15) is 0 Å². The molecular formula is C18H17ClN2. The Bertz CT molecular complexity index is 771. The normalized spacial score (nSPS) is 18.4. The highest BCUT2D eigenvalue weighted by Crippen LogP contribution is 2.38. The van der Waals surface area contributed by atoms with E-state index >= 15 is 0 Å². The number of rotatable bonds is 2. The molecule has 0 spiro atoms. The highest BCUT2D eigenvalue weighted by Gasteiger charge is 2.23. The molecule has 0 saturated carbocycles. The van der Waals surface area contributed by atoms with Crippen LogP contribution in [0.4, 0.5) is 0 Å². The molecule has 1 fully saturated rings. The fraction of sp³-hybridized carbons (Fsp3) is 0.222. The summed E-state index contributed by atoms with van der Waals surface area (Å²) in [4.78, 5) is 3.61. The summed E-state index contributed by atoms with van der Waals surface area (Å²) >= 11 is 6.22. The van der Waals surface area contributed by atoms with Crippen LogP contribution in [0.25, 0.3) is 22.0 Å². The number of H-pyrrole nitrogens is 1. The number of nitrogens with one attached hydrogen (secondary N) is 2. The summed E-state index contributed by atoms with van der Waals surface area (Å²) in [5, 5.41) is 5.58. The van der Waals surface area contributed by atoms with Gasteiger partial charge in [0.05, 0.1) is 0 Å². The van der Waals surface area contributed by atoms with Crippen LogP contribution in [0.15, 0.2) is 48.5 Å². The van der Waals surface area contributed by atoms with Crippen LogP contribution in [0.2, 0.25) is 5.02 Å². The van der Waals surface area contributed by atoms with Crippen molar-refractivity contribution in [3.8, 4) is 11.1 Å². The van der Waals surface area contributed by atoms with Crippen LogP contribution in [0.5, 0.6) is 0 Å². The summed E-state index contributed by atoms with van der Waals surface area (Å²) in [5.74, 6) is 0. The second-order valence-electron chi connectivity index (χ2n) is 5.62. The molecule has 106 valence electrons. The molecular weight excluding hydrogens is 280 g/mol. The van der Waals surface area contributed by atoms with Crippen molar-refractivity contribution in [2.45, 2.75) is 18.9 Å². The average molecular weight is 297 g/mol. The molecule has 1 unspecified atom stereocenters. The number of aromatic amines is 1. The van der Waals surface area contributed by atoms with Gasteiger partial charge in [0.25, 0.3) is 0 Å². The molecule has 3 aromatic rings. The van der Waals surface area contributed by atoms with E-state index in [4.69, 9.17) is 11.6 Å². The molecule has 0 aliphatic carbocycles. The smallest absolute Gasteiger partial charge is 0.0480 e. The van der Waals surface area contributed by atoms with E-state index < -0.39 is 0 Å². The van der Waals surface area contributed by atoms with Gasteiger partial charge >= 0.3 is 0 Å². The molecule has 3 heteroatoms. The summed E-state index contributed by atoms with van der Waals surface area (Å²) in [6, 6.07) is 17.1. The molecule has 2 aromatic carbocycles. The molecule has 0 radical (unpaired) electrons. The Morgan fingerprint density at radius 2 is 1.90 bits per heavy atom. The average Bonchev–Trinajstić information content (AvgIpc) is 3.14. The van der Waals surface area contributed by atoms with Crippen molar-refractivity contribution in [2.24, 2.45) is 0 Å². The molecule has 0 bridgehead atoms. The van der Waals surface area contributed by atoms with Crippen LogP contribution >= 0.6 is 11.6 Å². The van der Waals surface area contributed by atoms with E-state index in [1.54, 1.807) is 0 Å². The Kier molecular flexibility index (Phi) is 3.21. The Morgan fingerprint density at radius 3 is 2.67 bits per heavy atom. The van der Waals surface area contributed by atoms with Crippen LogP contribution in [0.1, 0.15) is 24.6 Å². The molecule has 1 saturated heterocycles. The number of fused-ring (bicyclic) bond motifs is 1. The third-order valence-electron chi connectivity index (χ3n) is 4.26. The largest absolute Gasteiger partial charge is 0.357 e. The van der Waals surface area contributed by atoms with E-state index in [1.807, 2.05) is 6.07 Å². The Labute approximate surface area is 129 Å². The fourth-order valence-corrected chi connectivity index (χ4v) is 3.47. The molecule has 1 aliphatic heterocycles. The number of aromatic nitrogens is 1. The van der Waals surface area contributed by atoms with E-state index in [0.717, 1.165) is 17.1 Å². The molecule has 2 heterocycles. The SMILES string of the molecule is Clc1ccc2[nH]c(C3CCCN3)c(-c3ccccc3)c2c1. The molecule has 0 amide bonds. The first-order valence-electron chi connectivity index (χ1n) is 7.43. The van der Waals surface area contributed by atoms with Crippen LogP contribution in [-0.4, -0.2) is 11.5 Å².